The van der Waals surface area contributed by atoms with Crippen molar-refractivity contribution in [1.82, 2.24) is 14.7 Å². The second-order valence-corrected chi connectivity index (χ2v) is 9.68. The second-order valence-electron chi connectivity index (χ2n) is 8.51. The molecule has 0 radical (unpaired) electrons. The van der Waals surface area contributed by atoms with Gasteiger partial charge in [-0.2, -0.15) is 10.4 Å². The molecule has 3 aromatic rings. The van der Waals surface area contributed by atoms with Gasteiger partial charge in [-0.1, -0.05) is 37.3 Å². The second kappa shape index (κ2) is 11.9. The first-order valence-electron chi connectivity index (χ1n) is 12.0. The van der Waals surface area contributed by atoms with Crippen LogP contribution in [0.25, 0.3) is 23.0 Å². The van der Waals surface area contributed by atoms with Gasteiger partial charge in [0.2, 0.25) is 0 Å². The third-order valence-electron chi connectivity index (χ3n) is 6.01. The highest BCUT2D eigenvalue weighted by Crippen LogP contribution is 2.32. The number of amides is 2. The number of rotatable bonds is 9. The number of hydrogen-bond donors (Lipinski definition) is 0. The number of nitrogens with zero attached hydrogens (tertiary/aromatic N) is 4. The summed E-state index contributed by atoms with van der Waals surface area (Å²) in [5, 5.41) is 14.5. The van der Waals surface area contributed by atoms with Crippen LogP contribution in [0.4, 0.5) is 0 Å². The SMILES string of the molecule is CCCSc1ccc(-c2nn(-c3ccccc3)cc2/C=C2/C(=O)N(CCOC)C(=O)C(C#N)=C2C)cc1. The number of carbonyl (C=O) groups excluding carboxylic acids is 2. The molecule has 1 aliphatic rings. The molecule has 37 heavy (non-hydrogen) atoms. The van der Waals surface area contributed by atoms with E-state index in [1.165, 1.54) is 12.0 Å². The normalized spacial score (nSPS) is 15.0. The van der Waals surface area contributed by atoms with Gasteiger partial charge < -0.3 is 4.74 Å². The lowest BCUT2D eigenvalue weighted by Crippen LogP contribution is -2.44. The minimum absolute atomic E-state index is 0.0451. The molecule has 0 bridgehead atoms. The number of benzene rings is 2. The maximum Gasteiger partial charge on any atom is 0.271 e. The number of ether oxygens (including phenoxy) is 1. The number of carbonyl (C=O) groups is 2. The summed E-state index contributed by atoms with van der Waals surface area (Å²) in [6.45, 7) is 4.04. The topological polar surface area (TPSA) is 88.2 Å². The largest absolute Gasteiger partial charge is 0.383 e. The Hall–Kier alpha value is -3.93. The average molecular weight is 513 g/mol. The van der Waals surface area contributed by atoms with E-state index in [0.29, 0.717) is 16.8 Å². The molecule has 2 heterocycles. The predicted molar refractivity (Wildman–Crippen MR) is 145 cm³/mol. The average Bonchev–Trinajstić information content (AvgIpc) is 3.35. The van der Waals surface area contributed by atoms with Gasteiger partial charge in [0, 0.05) is 34.9 Å². The van der Waals surface area contributed by atoms with Crippen LogP contribution in [0.15, 0.2) is 82.4 Å². The molecular formula is C29H28N4O3S. The molecule has 8 heteroatoms. The number of para-hydroxylation sites is 1. The molecule has 0 atom stereocenters. The van der Waals surface area contributed by atoms with Gasteiger partial charge in [0.25, 0.3) is 11.8 Å². The molecule has 0 unspecified atom stereocenters. The van der Waals surface area contributed by atoms with E-state index in [-0.39, 0.29) is 24.3 Å². The van der Waals surface area contributed by atoms with Gasteiger partial charge in [-0.05, 0) is 55.0 Å². The lowest BCUT2D eigenvalue weighted by atomic mass is 9.93. The van der Waals surface area contributed by atoms with Gasteiger partial charge in [0.15, 0.2) is 0 Å². The van der Waals surface area contributed by atoms with Crippen molar-refractivity contribution in [1.29, 1.82) is 5.26 Å². The van der Waals surface area contributed by atoms with Gasteiger partial charge in [-0.3, -0.25) is 14.5 Å². The fraction of sp³-hybridized carbons (Fsp3) is 0.241. The summed E-state index contributed by atoms with van der Waals surface area (Å²) in [6.07, 6.45) is 4.68. The Morgan fingerprint density at radius 2 is 1.81 bits per heavy atom. The molecule has 0 aliphatic carbocycles. The fourth-order valence-corrected chi connectivity index (χ4v) is 4.80. The number of imide groups is 1. The summed E-state index contributed by atoms with van der Waals surface area (Å²) >= 11 is 1.80. The molecule has 1 aliphatic heterocycles. The van der Waals surface area contributed by atoms with E-state index in [9.17, 15) is 14.9 Å². The van der Waals surface area contributed by atoms with Crippen LogP contribution in [-0.2, 0) is 14.3 Å². The molecule has 0 saturated carbocycles. The van der Waals surface area contributed by atoms with E-state index in [1.807, 2.05) is 54.7 Å². The van der Waals surface area contributed by atoms with E-state index in [1.54, 1.807) is 29.4 Å². The molecule has 0 spiro atoms. The zero-order chi connectivity index (χ0) is 26.4. The first-order chi connectivity index (χ1) is 18.0. The molecular weight excluding hydrogens is 484 g/mol. The standard InChI is InChI=1S/C29H28N4O3S/c1-4-16-37-24-12-10-21(11-13-24)27-22(19-33(31-27)23-8-6-5-7-9-23)17-25-20(2)26(18-30)29(35)32(28(25)34)14-15-36-3/h5-13,17,19H,4,14-16H2,1-3H3/b25-17+. The first-order valence-corrected chi connectivity index (χ1v) is 13.0. The third kappa shape index (κ3) is 5.58. The number of nitriles is 1. The number of thioether (sulfide) groups is 1. The zero-order valence-corrected chi connectivity index (χ0v) is 21.9. The Labute approximate surface area is 221 Å². The van der Waals surface area contributed by atoms with Crippen molar-refractivity contribution in [3.63, 3.8) is 0 Å². The Morgan fingerprint density at radius 3 is 2.46 bits per heavy atom. The molecule has 4 rings (SSSR count). The van der Waals surface area contributed by atoms with Crippen molar-refractivity contribution in [3.8, 4) is 23.0 Å². The monoisotopic (exact) mass is 512 g/mol. The van der Waals surface area contributed by atoms with Crippen LogP contribution in [0.3, 0.4) is 0 Å². The molecule has 2 aromatic carbocycles. The van der Waals surface area contributed by atoms with Crippen LogP contribution in [0.5, 0.6) is 0 Å². The lowest BCUT2D eigenvalue weighted by molar-refractivity contribution is -0.141. The van der Waals surface area contributed by atoms with Gasteiger partial charge >= 0.3 is 0 Å². The quantitative estimate of drug-likeness (QED) is 0.220. The van der Waals surface area contributed by atoms with Crippen molar-refractivity contribution < 1.29 is 14.3 Å². The third-order valence-corrected chi connectivity index (χ3v) is 7.23. The number of hydrogen-bond acceptors (Lipinski definition) is 6. The highest BCUT2D eigenvalue weighted by atomic mass is 32.2. The summed E-state index contributed by atoms with van der Waals surface area (Å²) in [5.74, 6) is -0.00474. The van der Waals surface area contributed by atoms with Crippen molar-refractivity contribution in [3.05, 3.63) is 83.1 Å². The Balaban J connectivity index is 1.84. The van der Waals surface area contributed by atoms with Crippen LogP contribution in [0.1, 0.15) is 25.8 Å². The highest BCUT2D eigenvalue weighted by Gasteiger charge is 2.35. The van der Waals surface area contributed by atoms with Gasteiger partial charge in [0.05, 0.1) is 24.5 Å². The van der Waals surface area contributed by atoms with Crippen LogP contribution >= 0.6 is 11.8 Å². The number of aromatic nitrogens is 2. The Bertz CT molecular complexity index is 1400. The van der Waals surface area contributed by atoms with E-state index >= 15 is 0 Å². The van der Waals surface area contributed by atoms with Gasteiger partial charge in [0.1, 0.15) is 11.6 Å². The predicted octanol–water partition coefficient (Wildman–Crippen LogP) is 5.28. The minimum atomic E-state index is -0.598. The van der Waals surface area contributed by atoms with Crippen molar-refractivity contribution in [2.45, 2.75) is 25.2 Å². The van der Waals surface area contributed by atoms with E-state index in [0.717, 1.165) is 28.3 Å². The van der Waals surface area contributed by atoms with Crippen LogP contribution < -0.4 is 0 Å². The molecule has 0 N–H and O–H groups in total. The summed E-state index contributed by atoms with van der Waals surface area (Å²) in [5.41, 5.74) is 3.78. The summed E-state index contributed by atoms with van der Waals surface area (Å²) in [7, 11) is 1.50. The maximum absolute atomic E-state index is 13.4. The Kier molecular flexibility index (Phi) is 8.39. The number of methoxy groups -OCH3 is 1. The van der Waals surface area contributed by atoms with Gasteiger partial charge in [-0.15, -0.1) is 11.8 Å². The molecule has 7 nitrogen and oxygen atoms in total. The first kappa shape index (κ1) is 26.1. The van der Waals surface area contributed by atoms with Crippen LogP contribution in [0, 0.1) is 11.3 Å². The van der Waals surface area contributed by atoms with E-state index in [2.05, 4.69) is 19.1 Å². The van der Waals surface area contributed by atoms with Gasteiger partial charge in [-0.25, -0.2) is 4.68 Å². The smallest absolute Gasteiger partial charge is 0.271 e. The lowest BCUT2D eigenvalue weighted by Gasteiger charge is -2.27. The van der Waals surface area contributed by atoms with Crippen molar-refractivity contribution in [2.24, 2.45) is 0 Å². The van der Waals surface area contributed by atoms with E-state index < -0.39 is 11.8 Å². The fourth-order valence-electron chi connectivity index (χ4n) is 4.03. The van der Waals surface area contributed by atoms with Crippen molar-refractivity contribution >= 4 is 29.7 Å². The molecule has 1 aromatic heterocycles. The summed E-state index contributed by atoms with van der Waals surface area (Å²) < 4.78 is 6.84. The summed E-state index contributed by atoms with van der Waals surface area (Å²) in [4.78, 5) is 28.4. The molecule has 188 valence electrons. The molecule has 0 saturated heterocycles. The van der Waals surface area contributed by atoms with Crippen molar-refractivity contribution in [2.75, 3.05) is 26.0 Å². The van der Waals surface area contributed by atoms with Crippen LogP contribution in [-0.4, -0.2) is 52.5 Å². The highest BCUT2D eigenvalue weighted by molar-refractivity contribution is 7.99. The van der Waals surface area contributed by atoms with E-state index in [4.69, 9.17) is 9.84 Å². The summed E-state index contributed by atoms with van der Waals surface area (Å²) in [6, 6.07) is 19.9. The van der Waals surface area contributed by atoms with Crippen LogP contribution in [0.2, 0.25) is 0 Å². The zero-order valence-electron chi connectivity index (χ0n) is 21.1. The maximum atomic E-state index is 13.4. The molecule has 0 fully saturated rings. The molecule has 2 amide bonds. The minimum Gasteiger partial charge on any atom is -0.383 e. The Morgan fingerprint density at radius 1 is 1.08 bits per heavy atom.